The molecule has 0 aromatic heterocycles. The minimum atomic E-state index is 0.848. The molecular weight excluding hydrogens is 220 g/mol. The molecule has 0 radical (unpaired) electrons. The summed E-state index contributed by atoms with van der Waals surface area (Å²) in [5.74, 6) is 1.91. The quantitative estimate of drug-likeness (QED) is 0.685. The van der Waals surface area contributed by atoms with Crippen molar-refractivity contribution < 1.29 is 4.74 Å². The van der Waals surface area contributed by atoms with E-state index in [-0.39, 0.29) is 0 Å². The molecule has 96 valence electrons. The first-order valence-corrected chi connectivity index (χ1v) is 7.34. The van der Waals surface area contributed by atoms with E-state index in [9.17, 15) is 0 Å². The van der Waals surface area contributed by atoms with E-state index in [1.165, 1.54) is 43.2 Å². The third-order valence-electron chi connectivity index (χ3n) is 3.95. The van der Waals surface area contributed by atoms with Crippen molar-refractivity contribution in [3.63, 3.8) is 0 Å². The van der Waals surface area contributed by atoms with E-state index in [1.807, 2.05) is 0 Å². The molecule has 0 atom stereocenters. The minimum absolute atomic E-state index is 0.848. The molecule has 2 aliphatic carbocycles. The lowest BCUT2D eigenvalue weighted by Gasteiger charge is -2.18. The van der Waals surface area contributed by atoms with Gasteiger partial charge in [0.1, 0.15) is 5.75 Å². The first-order valence-electron chi connectivity index (χ1n) is 7.34. The number of ether oxygens (including phenoxy) is 1. The largest absolute Gasteiger partial charge is 0.494 e. The zero-order valence-electron chi connectivity index (χ0n) is 11.2. The third-order valence-corrected chi connectivity index (χ3v) is 3.95. The molecule has 1 saturated carbocycles. The fourth-order valence-electron chi connectivity index (χ4n) is 2.76. The summed E-state index contributed by atoms with van der Waals surface area (Å²) in [6.45, 7) is 3.05. The lowest BCUT2D eigenvalue weighted by atomic mass is 9.88. The maximum atomic E-state index is 5.80. The summed E-state index contributed by atoms with van der Waals surface area (Å²) in [4.78, 5) is 0. The van der Waals surface area contributed by atoms with Crippen LogP contribution in [0.3, 0.4) is 0 Å². The Kier molecular flexibility index (Phi) is 3.40. The maximum absolute atomic E-state index is 5.80. The van der Waals surface area contributed by atoms with Gasteiger partial charge in [0.15, 0.2) is 0 Å². The van der Waals surface area contributed by atoms with Crippen molar-refractivity contribution in [1.82, 2.24) is 0 Å². The zero-order chi connectivity index (χ0) is 12.4. The maximum Gasteiger partial charge on any atom is 0.119 e. The highest BCUT2D eigenvalue weighted by atomic mass is 16.5. The van der Waals surface area contributed by atoms with Crippen molar-refractivity contribution in [2.24, 2.45) is 5.92 Å². The van der Waals surface area contributed by atoms with E-state index in [4.69, 9.17) is 4.74 Å². The molecular formula is C17H22O. The van der Waals surface area contributed by atoms with Crippen molar-refractivity contribution in [2.75, 3.05) is 6.61 Å². The lowest BCUT2D eigenvalue weighted by Crippen LogP contribution is -2.03. The zero-order valence-corrected chi connectivity index (χ0v) is 11.2. The molecule has 0 amide bonds. The Morgan fingerprint density at radius 2 is 2.17 bits per heavy atom. The van der Waals surface area contributed by atoms with Crippen molar-refractivity contribution >= 4 is 5.57 Å². The van der Waals surface area contributed by atoms with Crippen LogP contribution in [0.1, 0.15) is 50.2 Å². The number of hydrogen-bond donors (Lipinski definition) is 0. The summed E-state index contributed by atoms with van der Waals surface area (Å²) in [5.41, 5.74) is 4.59. The van der Waals surface area contributed by atoms with Crippen LogP contribution in [0.2, 0.25) is 0 Å². The van der Waals surface area contributed by atoms with Gasteiger partial charge in [-0.15, -0.1) is 0 Å². The number of fused-ring (bicyclic) bond motifs is 1. The SMILES string of the molecule is CCCCOc1ccc2c(c1)CCC=C2C1CC1. The molecule has 0 unspecified atom stereocenters. The fraction of sp³-hybridized carbons (Fsp3) is 0.529. The van der Waals surface area contributed by atoms with Gasteiger partial charge in [0.2, 0.25) is 0 Å². The Hall–Kier alpha value is -1.24. The highest BCUT2D eigenvalue weighted by Gasteiger charge is 2.29. The molecule has 1 fully saturated rings. The predicted octanol–water partition coefficient (Wildman–Crippen LogP) is 4.61. The van der Waals surface area contributed by atoms with Gasteiger partial charge in [0, 0.05) is 0 Å². The number of unbranched alkanes of at least 4 members (excludes halogenated alkanes) is 1. The molecule has 1 nitrogen and oxygen atoms in total. The van der Waals surface area contributed by atoms with Crippen LogP contribution in [-0.4, -0.2) is 6.61 Å². The lowest BCUT2D eigenvalue weighted by molar-refractivity contribution is 0.309. The van der Waals surface area contributed by atoms with Crippen molar-refractivity contribution in [1.29, 1.82) is 0 Å². The van der Waals surface area contributed by atoms with Crippen LogP contribution in [-0.2, 0) is 6.42 Å². The smallest absolute Gasteiger partial charge is 0.119 e. The average molecular weight is 242 g/mol. The fourth-order valence-corrected chi connectivity index (χ4v) is 2.76. The third kappa shape index (κ3) is 2.45. The second kappa shape index (κ2) is 5.17. The summed E-state index contributed by atoms with van der Waals surface area (Å²) < 4.78 is 5.80. The monoisotopic (exact) mass is 242 g/mol. The van der Waals surface area contributed by atoms with E-state index in [0.717, 1.165) is 24.7 Å². The minimum Gasteiger partial charge on any atom is -0.494 e. The molecule has 0 spiro atoms. The van der Waals surface area contributed by atoms with E-state index >= 15 is 0 Å². The average Bonchev–Trinajstić information content (AvgIpc) is 3.22. The van der Waals surface area contributed by atoms with Crippen LogP contribution in [0.15, 0.2) is 24.3 Å². The van der Waals surface area contributed by atoms with Gasteiger partial charge in [-0.3, -0.25) is 0 Å². The Morgan fingerprint density at radius 1 is 1.28 bits per heavy atom. The summed E-state index contributed by atoms with van der Waals surface area (Å²) in [5, 5.41) is 0. The van der Waals surface area contributed by atoms with Gasteiger partial charge in [0.05, 0.1) is 6.61 Å². The second-order valence-corrected chi connectivity index (χ2v) is 5.49. The molecule has 1 aromatic carbocycles. The van der Waals surface area contributed by atoms with Crippen molar-refractivity contribution in [3.8, 4) is 5.75 Å². The van der Waals surface area contributed by atoms with Crippen LogP contribution in [0.4, 0.5) is 0 Å². The van der Waals surface area contributed by atoms with Gasteiger partial charge in [-0.05, 0) is 66.9 Å². The van der Waals surface area contributed by atoms with Gasteiger partial charge >= 0.3 is 0 Å². The van der Waals surface area contributed by atoms with E-state index in [0.29, 0.717) is 0 Å². The highest BCUT2D eigenvalue weighted by molar-refractivity contribution is 5.73. The number of aryl methyl sites for hydroxylation is 1. The molecule has 0 aliphatic heterocycles. The summed E-state index contributed by atoms with van der Waals surface area (Å²) in [7, 11) is 0. The molecule has 3 rings (SSSR count). The number of benzene rings is 1. The topological polar surface area (TPSA) is 9.23 Å². The second-order valence-electron chi connectivity index (χ2n) is 5.49. The molecule has 0 N–H and O–H groups in total. The Bertz CT molecular complexity index is 455. The molecule has 1 aromatic rings. The van der Waals surface area contributed by atoms with E-state index < -0.39 is 0 Å². The van der Waals surface area contributed by atoms with Crippen molar-refractivity contribution in [2.45, 2.75) is 45.4 Å². The van der Waals surface area contributed by atoms with Crippen LogP contribution in [0.25, 0.3) is 5.57 Å². The van der Waals surface area contributed by atoms with Crippen LogP contribution >= 0.6 is 0 Å². The molecule has 18 heavy (non-hydrogen) atoms. The van der Waals surface area contributed by atoms with Gasteiger partial charge < -0.3 is 4.74 Å². The van der Waals surface area contributed by atoms with Gasteiger partial charge in [0.25, 0.3) is 0 Å². The number of hydrogen-bond acceptors (Lipinski definition) is 1. The summed E-state index contributed by atoms with van der Waals surface area (Å²) in [6, 6.07) is 6.69. The van der Waals surface area contributed by atoms with Crippen molar-refractivity contribution in [3.05, 3.63) is 35.4 Å². The van der Waals surface area contributed by atoms with E-state index in [2.05, 4.69) is 31.2 Å². The van der Waals surface area contributed by atoms with Crippen LogP contribution < -0.4 is 4.74 Å². The molecule has 1 heteroatoms. The number of rotatable bonds is 5. The predicted molar refractivity (Wildman–Crippen MR) is 75.9 cm³/mol. The van der Waals surface area contributed by atoms with Crippen LogP contribution in [0.5, 0.6) is 5.75 Å². The highest BCUT2D eigenvalue weighted by Crippen LogP contribution is 2.45. The molecule has 2 aliphatic rings. The first kappa shape index (κ1) is 11.8. The van der Waals surface area contributed by atoms with Gasteiger partial charge in [-0.2, -0.15) is 0 Å². The van der Waals surface area contributed by atoms with Gasteiger partial charge in [-0.25, -0.2) is 0 Å². The van der Waals surface area contributed by atoms with Gasteiger partial charge in [-0.1, -0.05) is 25.5 Å². The first-order chi connectivity index (χ1) is 8.88. The Labute approximate surface area is 110 Å². The standard InChI is InChI=1S/C17H22O/c1-2-3-11-18-15-9-10-17-14(12-15)5-4-6-16(17)13-7-8-13/h6,9-10,12-13H,2-5,7-8,11H2,1H3. The van der Waals surface area contributed by atoms with E-state index in [1.54, 1.807) is 5.57 Å². The normalized spacial score (nSPS) is 18.2. The summed E-state index contributed by atoms with van der Waals surface area (Å²) >= 11 is 0. The van der Waals surface area contributed by atoms with Crippen LogP contribution in [0, 0.1) is 5.92 Å². The Balaban J connectivity index is 1.76. The molecule has 0 saturated heterocycles. The number of allylic oxidation sites excluding steroid dienone is 2. The molecule has 0 heterocycles. The Morgan fingerprint density at radius 3 is 2.94 bits per heavy atom. The molecule has 0 bridgehead atoms. The summed E-state index contributed by atoms with van der Waals surface area (Å²) in [6.07, 6.45) is 9.95.